The summed E-state index contributed by atoms with van der Waals surface area (Å²) in [6.45, 7) is 6.46. The van der Waals surface area contributed by atoms with Crippen LogP contribution in [0.15, 0.2) is 42.6 Å². The number of H-pyrrole nitrogens is 1. The number of aromatic amines is 1. The lowest BCUT2D eigenvalue weighted by Gasteiger charge is -2.34. The third kappa shape index (κ3) is 2.67. The summed E-state index contributed by atoms with van der Waals surface area (Å²) in [6, 6.07) is 10.9. The fourth-order valence-corrected chi connectivity index (χ4v) is 3.50. The Morgan fingerprint density at radius 3 is 2.26 bits per heavy atom. The summed E-state index contributed by atoms with van der Waals surface area (Å²) in [5.41, 5.74) is 2.48. The third-order valence-corrected chi connectivity index (χ3v) is 5.60. The third-order valence-electron chi connectivity index (χ3n) is 4.88. The Bertz CT molecular complexity index is 852. The quantitative estimate of drug-likeness (QED) is 0.495. The molecular weight excluding hydrogens is 407 g/mol. The van der Waals surface area contributed by atoms with E-state index in [0.29, 0.717) is 5.52 Å². The van der Waals surface area contributed by atoms with Crippen molar-refractivity contribution in [3.05, 3.63) is 68.9 Å². The Hall–Kier alpha value is -1.43. The number of benzene rings is 2. The van der Waals surface area contributed by atoms with Crippen LogP contribution in [0.2, 0.25) is 0 Å². The summed E-state index contributed by atoms with van der Waals surface area (Å²) in [5.74, 6) is -1.35. The first-order chi connectivity index (χ1) is 10.8. The molecule has 0 aliphatic rings. The molecule has 4 heteroatoms. The van der Waals surface area contributed by atoms with Crippen molar-refractivity contribution in [2.45, 2.75) is 26.2 Å². The highest BCUT2D eigenvalue weighted by atomic mass is 127. The number of hydrogen-bond donors (Lipinski definition) is 1. The van der Waals surface area contributed by atoms with Crippen LogP contribution in [-0.4, -0.2) is 4.98 Å². The molecule has 120 valence electrons. The molecule has 0 radical (unpaired) electrons. The Labute approximate surface area is 148 Å². The smallest absolute Gasteiger partial charge is 0.160 e. The van der Waals surface area contributed by atoms with Crippen molar-refractivity contribution in [2.24, 2.45) is 5.92 Å². The number of halogens is 3. The van der Waals surface area contributed by atoms with E-state index in [9.17, 15) is 8.78 Å². The summed E-state index contributed by atoms with van der Waals surface area (Å²) < 4.78 is 28.4. The first kappa shape index (κ1) is 16.4. The zero-order valence-electron chi connectivity index (χ0n) is 13.3. The molecule has 0 amide bonds. The van der Waals surface area contributed by atoms with Gasteiger partial charge < -0.3 is 4.98 Å². The van der Waals surface area contributed by atoms with E-state index in [1.165, 1.54) is 21.3 Å². The van der Waals surface area contributed by atoms with Crippen LogP contribution in [0.25, 0.3) is 10.9 Å². The van der Waals surface area contributed by atoms with Crippen LogP contribution >= 0.6 is 22.6 Å². The molecule has 1 unspecified atom stereocenters. The minimum atomic E-state index is -0.827. The van der Waals surface area contributed by atoms with Gasteiger partial charge in [0.05, 0.1) is 0 Å². The number of nitrogens with one attached hydrogen (secondary N) is 1. The molecule has 1 aromatic heterocycles. The molecule has 0 saturated heterocycles. The van der Waals surface area contributed by atoms with E-state index in [1.54, 1.807) is 0 Å². The second kappa shape index (κ2) is 5.89. The van der Waals surface area contributed by atoms with Crippen molar-refractivity contribution in [1.82, 2.24) is 4.98 Å². The maximum Gasteiger partial charge on any atom is 0.160 e. The highest BCUT2D eigenvalue weighted by Gasteiger charge is 2.35. The zero-order valence-corrected chi connectivity index (χ0v) is 15.4. The van der Waals surface area contributed by atoms with E-state index in [1.807, 2.05) is 6.20 Å². The minimum Gasteiger partial charge on any atom is -0.361 e. The van der Waals surface area contributed by atoms with E-state index in [2.05, 4.69) is 72.6 Å². The van der Waals surface area contributed by atoms with E-state index >= 15 is 0 Å². The first-order valence-electron chi connectivity index (χ1n) is 7.56. The maximum absolute atomic E-state index is 13.8. The fraction of sp³-hybridized carbons (Fsp3) is 0.263. The molecule has 1 heterocycles. The molecule has 0 aliphatic heterocycles. The van der Waals surface area contributed by atoms with Crippen LogP contribution in [0, 0.1) is 21.1 Å². The maximum atomic E-state index is 13.8. The van der Waals surface area contributed by atoms with Crippen molar-refractivity contribution in [3.8, 4) is 0 Å². The Morgan fingerprint density at radius 1 is 1.04 bits per heavy atom. The normalized spacial score (nSPS) is 14.4. The second-order valence-corrected chi connectivity index (χ2v) is 7.62. The van der Waals surface area contributed by atoms with Gasteiger partial charge in [0.1, 0.15) is 0 Å². The van der Waals surface area contributed by atoms with Gasteiger partial charge in [-0.2, -0.15) is 0 Å². The predicted octanol–water partition coefficient (Wildman–Crippen LogP) is 6.01. The standard InChI is InChI=1S/C19H18F2IN/c1-11(2)19(3,12-4-6-13(22)7-5-12)15-10-23-18-9-17(21)16(20)8-14(15)18/h4-11,23H,1-3H3. The molecule has 23 heavy (non-hydrogen) atoms. The Balaban J connectivity index is 2.26. The van der Waals surface area contributed by atoms with Crippen LogP contribution < -0.4 is 0 Å². The lowest BCUT2D eigenvalue weighted by Crippen LogP contribution is -2.29. The molecule has 0 saturated carbocycles. The van der Waals surface area contributed by atoms with Gasteiger partial charge in [-0.15, -0.1) is 0 Å². The molecule has 3 rings (SSSR count). The topological polar surface area (TPSA) is 15.8 Å². The average molecular weight is 425 g/mol. The summed E-state index contributed by atoms with van der Waals surface area (Å²) >= 11 is 2.28. The monoisotopic (exact) mass is 425 g/mol. The minimum absolute atomic E-state index is 0.287. The van der Waals surface area contributed by atoms with Crippen LogP contribution in [-0.2, 0) is 5.41 Å². The zero-order chi connectivity index (χ0) is 16.8. The summed E-state index contributed by atoms with van der Waals surface area (Å²) in [5, 5.41) is 0.735. The number of hydrogen-bond acceptors (Lipinski definition) is 0. The SMILES string of the molecule is CC(C)C(C)(c1ccc(I)cc1)c1c[nH]c2cc(F)c(F)cc12. The number of fused-ring (bicyclic) bond motifs is 1. The molecule has 0 spiro atoms. The Kier molecular flexibility index (Phi) is 4.21. The lowest BCUT2D eigenvalue weighted by atomic mass is 9.68. The van der Waals surface area contributed by atoms with Gasteiger partial charge >= 0.3 is 0 Å². The molecule has 0 fully saturated rings. The lowest BCUT2D eigenvalue weighted by molar-refractivity contribution is 0.408. The second-order valence-electron chi connectivity index (χ2n) is 6.38. The van der Waals surface area contributed by atoms with Crippen molar-refractivity contribution in [2.75, 3.05) is 0 Å². The van der Waals surface area contributed by atoms with E-state index in [-0.39, 0.29) is 11.3 Å². The van der Waals surface area contributed by atoms with Crippen LogP contribution in [0.4, 0.5) is 8.78 Å². The van der Waals surface area contributed by atoms with Gasteiger partial charge in [0, 0.05) is 32.2 Å². The van der Waals surface area contributed by atoms with Gasteiger partial charge in [-0.05, 0) is 57.8 Å². The number of aromatic nitrogens is 1. The summed E-state index contributed by atoms with van der Waals surface area (Å²) in [7, 11) is 0. The van der Waals surface area contributed by atoms with Gasteiger partial charge in [-0.25, -0.2) is 8.78 Å². The van der Waals surface area contributed by atoms with E-state index < -0.39 is 11.6 Å². The highest BCUT2D eigenvalue weighted by molar-refractivity contribution is 14.1. The van der Waals surface area contributed by atoms with E-state index in [0.717, 1.165) is 10.9 Å². The molecule has 1 N–H and O–H groups in total. The van der Waals surface area contributed by atoms with Gasteiger partial charge in [0.15, 0.2) is 11.6 Å². The molecule has 2 aromatic carbocycles. The van der Waals surface area contributed by atoms with Crippen LogP contribution in [0.1, 0.15) is 31.9 Å². The average Bonchev–Trinajstić information content (AvgIpc) is 2.90. The van der Waals surface area contributed by atoms with Crippen molar-refractivity contribution >= 4 is 33.5 Å². The Morgan fingerprint density at radius 2 is 1.65 bits per heavy atom. The van der Waals surface area contributed by atoms with E-state index in [4.69, 9.17) is 0 Å². The number of rotatable bonds is 3. The molecule has 1 nitrogen and oxygen atoms in total. The van der Waals surface area contributed by atoms with Gasteiger partial charge in [-0.1, -0.05) is 32.9 Å². The van der Waals surface area contributed by atoms with Gasteiger partial charge in [0.25, 0.3) is 0 Å². The van der Waals surface area contributed by atoms with Gasteiger partial charge in [-0.3, -0.25) is 0 Å². The first-order valence-corrected chi connectivity index (χ1v) is 8.64. The van der Waals surface area contributed by atoms with Crippen LogP contribution in [0.5, 0.6) is 0 Å². The fourth-order valence-electron chi connectivity index (χ4n) is 3.14. The van der Waals surface area contributed by atoms with Gasteiger partial charge in [0.2, 0.25) is 0 Å². The summed E-state index contributed by atoms with van der Waals surface area (Å²) in [6.07, 6.45) is 1.88. The molecule has 3 aromatic rings. The molecule has 0 aliphatic carbocycles. The molecule has 1 atom stereocenters. The largest absolute Gasteiger partial charge is 0.361 e. The van der Waals surface area contributed by atoms with Crippen molar-refractivity contribution in [1.29, 1.82) is 0 Å². The summed E-state index contributed by atoms with van der Waals surface area (Å²) in [4.78, 5) is 3.09. The molecule has 0 bridgehead atoms. The molecular formula is C19H18F2IN. The van der Waals surface area contributed by atoms with Crippen molar-refractivity contribution in [3.63, 3.8) is 0 Å². The predicted molar refractivity (Wildman–Crippen MR) is 98.7 cm³/mol. The highest BCUT2D eigenvalue weighted by Crippen LogP contribution is 2.42. The van der Waals surface area contributed by atoms with Crippen LogP contribution in [0.3, 0.4) is 0 Å². The van der Waals surface area contributed by atoms with Crippen molar-refractivity contribution < 1.29 is 8.78 Å².